The molecule has 4 aromatic rings. The third-order valence-electron chi connectivity index (χ3n) is 5.79. The number of hydrogen-bond acceptors (Lipinski definition) is 5. The van der Waals surface area contributed by atoms with Gasteiger partial charge in [0, 0.05) is 23.9 Å². The van der Waals surface area contributed by atoms with E-state index in [2.05, 4.69) is 15.6 Å². The number of aliphatic carboxylic acids is 1. The molecule has 0 unspecified atom stereocenters. The number of alkyl carbamates (subject to hydrolysis) is 1. The SMILES string of the molecule is O=C(N[C@H](Cc1ccccc1)C(=O)N[C@H](Cc1ccc2ccccc2n1)C(=O)O)OCc1ccccc1. The molecule has 0 aliphatic carbocycles. The highest BCUT2D eigenvalue weighted by Crippen LogP contribution is 2.13. The molecule has 3 aromatic carbocycles. The van der Waals surface area contributed by atoms with Crippen molar-refractivity contribution in [3.05, 3.63) is 114 Å². The van der Waals surface area contributed by atoms with Gasteiger partial charge in [-0.05, 0) is 23.3 Å². The molecule has 0 fully saturated rings. The number of carboxylic acids is 1. The van der Waals surface area contributed by atoms with Crippen LogP contribution in [0.4, 0.5) is 4.79 Å². The Morgan fingerprint density at radius 2 is 1.38 bits per heavy atom. The molecule has 1 heterocycles. The van der Waals surface area contributed by atoms with Gasteiger partial charge in [0.25, 0.3) is 0 Å². The monoisotopic (exact) mass is 497 g/mol. The molecule has 1 aromatic heterocycles. The van der Waals surface area contributed by atoms with Crippen LogP contribution in [0.15, 0.2) is 97.1 Å². The first-order valence-electron chi connectivity index (χ1n) is 11.9. The minimum Gasteiger partial charge on any atom is -0.480 e. The summed E-state index contributed by atoms with van der Waals surface area (Å²) in [6, 6.07) is 27.1. The summed E-state index contributed by atoms with van der Waals surface area (Å²) in [7, 11) is 0. The second-order valence-corrected chi connectivity index (χ2v) is 8.55. The van der Waals surface area contributed by atoms with Crippen LogP contribution in [0.5, 0.6) is 0 Å². The summed E-state index contributed by atoms with van der Waals surface area (Å²) in [5.74, 6) is -1.83. The molecule has 8 heteroatoms. The molecular weight excluding hydrogens is 470 g/mol. The molecule has 188 valence electrons. The second-order valence-electron chi connectivity index (χ2n) is 8.55. The van der Waals surface area contributed by atoms with E-state index in [0.29, 0.717) is 5.69 Å². The van der Waals surface area contributed by atoms with Gasteiger partial charge in [0.2, 0.25) is 5.91 Å². The Labute approximate surface area is 214 Å². The van der Waals surface area contributed by atoms with Crippen LogP contribution < -0.4 is 10.6 Å². The minimum absolute atomic E-state index is 0.0115. The van der Waals surface area contributed by atoms with E-state index in [1.165, 1.54) is 0 Å². The zero-order chi connectivity index (χ0) is 26.0. The van der Waals surface area contributed by atoms with E-state index in [9.17, 15) is 19.5 Å². The maximum absolute atomic E-state index is 13.2. The van der Waals surface area contributed by atoms with Gasteiger partial charge in [0.1, 0.15) is 18.7 Å². The number of fused-ring (bicyclic) bond motifs is 1. The quantitative estimate of drug-likeness (QED) is 0.306. The Hall–Kier alpha value is -4.72. The average molecular weight is 498 g/mol. The number of rotatable bonds is 10. The lowest BCUT2D eigenvalue weighted by atomic mass is 10.0. The summed E-state index contributed by atoms with van der Waals surface area (Å²) in [6.45, 7) is 0.0394. The Morgan fingerprint density at radius 1 is 0.730 bits per heavy atom. The molecule has 3 N–H and O–H groups in total. The summed E-state index contributed by atoms with van der Waals surface area (Å²) in [4.78, 5) is 42.3. The third kappa shape index (κ3) is 7.38. The highest BCUT2D eigenvalue weighted by Gasteiger charge is 2.28. The number of aromatic nitrogens is 1. The number of ether oxygens (including phenoxy) is 1. The Kier molecular flexibility index (Phi) is 8.44. The number of hydrogen-bond donors (Lipinski definition) is 3. The third-order valence-corrected chi connectivity index (χ3v) is 5.79. The van der Waals surface area contributed by atoms with Crippen molar-refractivity contribution in [2.24, 2.45) is 0 Å². The van der Waals surface area contributed by atoms with E-state index in [4.69, 9.17) is 4.74 Å². The molecule has 0 aliphatic rings. The van der Waals surface area contributed by atoms with Crippen molar-refractivity contribution in [2.45, 2.75) is 31.5 Å². The van der Waals surface area contributed by atoms with Crippen LogP contribution in [-0.4, -0.2) is 40.1 Å². The van der Waals surface area contributed by atoms with E-state index >= 15 is 0 Å². The van der Waals surface area contributed by atoms with Gasteiger partial charge in [-0.15, -0.1) is 0 Å². The predicted octanol–water partition coefficient (Wildman–Crippen LogP) is 3.88. The standard InChI is InChI=1S/C29H27N3O5/c33-27(31-26(28(34)35)18-23-16-15-22-13-7-8-14-24(22)30-23)25(17-20-9-3-1-4-10-20)32-29(36)37-19-21-11-5-2-6-12-21/h1-16,25-26H,17-19H2,(H,31,33)(H,32,36)(H,34,35)/t25-,26-/m1/s1. The van der Waals surface area contributed by atoms with Gasteiger partial charge in [-0.3, -0.25) is 9.78 Å². The Balaban J connectivity index is 1.45. The number of benzene rings is 3. The molecule has 0 aliphatic heterocycles. The number of amides is 2. The molecule has 0 saturated carbocycles. The molecule has 8 nitrogen and oxygen atoms in total. The topological polar surface area (TPSA) is 118 Å². The maximum Gasteiger partial charge on any atom is 0.408 e. The fourth-order valence-electron chi connectivity index (χ4n) is 3.87. The smallest absolute Gasteiger partial charge is 0.408 e. The van der Waals surface area contributed by atoms with Crippen LogP contribution in [0.3, 0.4) is 0 Å². The number of pyridine rings is 1. The number of para-hydroxylation sites is 1. The predicted molar refractivity (Wildman–Crippen MR) is 139 cm³/mol. The first-order valence-corrected chi connectivity index (χ1v) is 11.9. The molecule has 37 heavy (non-hydrogen) atoms. The van der Waals surface area contributed by atoms with Crippen molar-refractivity contribution < 1.29 is 24.2 Å². The van der Waals surface area contributed by atoms with Crippen molar-refractivity contribution >= 4 is 28.9 Å². The van der Waals surface area contributed by atoms with Gasteiger partial charge in [-0.25, -0.2) is 9.59 Å². The number of carbonyl (C=O) groups is 3. The number of nitrogens with zero attached hydrogens (tertiary/aromatic N) is 1. The van der Waals surface area contributed by atoms with E-state index in [1.54, 1.807) is 6.07 Å². The van der Waals surface area contributed by atoms with Crippen LogP contribution >= 0.6 is 0 Å². The van der Waals surface area contributed by atoms with Crippen molar-refractivity contribution in [1.29, 1.82) is 0 Å². The number of carbonyl (C=O) groups excluding carboxylic acids is 2. The molecule has 4 rings (SSSR count). The molecule has 0 saturated heterocycles. The van der Waals surface area contributed by atoms with Gasteiger partial charge in [-0.1, -0.05) is 84.9 Å². The fourth-order valence-corrected chi connectivity index (χ4v) is 3.87. The molecule has 2 amide bonds. The molecule has 0 bridgehead atoms. The van der Waals surface area contributed by atoms with E-state index in [-0.39, 0.29) is 19.4 Å². The summed E-state index contributed by atoms with van der Waals surface area (Å²) < 4.78 is 5.28. The van der Waals surface area contributed by atoms with Crippen LogP contribution in [-0.2, 0) is 33.8 Å². The van der Waals surface area contributed by atoms with Gasteiger partial charge in [0.05, 0.1) is 5.52 Å². The molecule has 0 radical (unpaired) electrons. The number of nitrogens with one attached hydrogen (secondary N) is 2. The Morgan fingerprint density at radius 3 is 2.08 bits per heavy atom. The van der Waals surface area contributed by atoms with Crippen LogP contribution in [0.2, 0.25) is 0 Å². The minimum atomic E-state index is -1.23. The van der Waals surface area contributed by atoms with Gasteiger partial charge < -0.3 is 20.5 Å². The van der Waals surface area contributed by atoms with Crippen LogP contribution in [0.25, 0.3) is 10.9 Å². The van der Waals surface area contributed by atoms with Crippen molar-refractivity contribution in [3.8, 4) is 0 Å². The van der Waals surface area contributed by atoms with Gasteiger partial charge >= 0.3 is 12.1 Å². The lowest BCUT2D eigenvalue weighted by Gasteiger charge is -2.21. The van der Waals surface area contributed by atoms with Crippen molar-refractivity contribution in [2.75, 3.05) is 0 Å². The van der Waals surface area contributed by atoms with Crippen LogP contribution in [0, 0.1) is 0 Å². The van der Waals surface area contributed by atoms with E-state index in [0.717, 1.165) is 22.0 Å². The van der Waals surface area contributed by atoms with Crippen molar-refractivity contribution in [3.63, 3.8) is 0 Å². The fraction of sp³-hybridized carbons (Fsp3) is 0.172. The first-order chi connectivity index (χ1) is 18.0. The zero-order valence-electron chi connectivity index (χ0n) is 20.0. The van der Waals surface area contributed by atoms with Crippen molar-refractivity contribution in [1.82, 2.24) is 15.6 Å². The van der Waals surface area contributed by atoms with E-state index in [1.807, 2.05) is 91.0 Å². The summed E-state index contributed by atoms with van der Waals surface area (Å²) in [6.07, 6.45) is -0.626. The average Bonchev–Trinajstić information content (AvgIpc) is 2.92. The zero-order valence-corrected chi connectivity index (χ0v) is 20.0. The normalized spacial score (nSPS) is 12.3. The second kappa shape index (κ2) is 12.3. The largest absolute Gasteiger partial charge is 0.480 e. The highest BCUT2D eigenvalue weighted by molar-refractivity contribution is 5.89. The lowest BCUT2D eigenvalue weighted by Crippen LogP contribution is -2.53. The van der Waals surface area contributed by atoms with Crippen LogP contribution in [0.1, 0.15) is 16.8 Å². The summed E-state index contributed by atoms with van der Waals surface area (Å²) in [5, 5.41) is 15.9. The maximum atomic E-state index is 13.2. The lowest BCUT2D eigenvalue weighted by molar-refractivity contribution is -0.142. The molecule has 2 atom stereocenters. The molecule has 0 spiro atoms. The summed E-state index contributed by atoms with van der Waals surface area (Å²) >= 11 is 0. The number of carboxylic acid groups (broad SMARTS) is 1. The highest BCUT2D eigenvalue weighted by atomic mass is 16.5. The summed E-state index contributed by atoms with van der Waals surface area (Å²) in [5.41, 5.74) is 2.87. The first kappa shape index (κ1) is 25.4. The molecular formula is C29H27N3O5. The Bertz CT molecular complexity index is 1360. The van der Waals surface area contributed by atoms with Gasteiger partial charge in [-0.2, -0.15) is 0 Å². The van der Waals surface area contributed by atoms with Gasteiger partial charge in [0.15, 0.2) is 0 Å². The van der Waals surface area contributed by atoms with E-state index < -0.39 is 30.1 Å².